The van der Waals surface area contributed by atoms with Crippen molar-refractivity contribution >= 4 is 11.8 Å². The number of aromatic nitrogens is 3. The van der Waals surface area contributed by atoms with E-state index in [9.17, 15) is 9.59 Å². The van der Waals surface area contributed by atoms with Crippen molar-refractivity contribution < 1.29 is 9.90 Å². The standard InChI is InChI=1S/C19H19N5O3/c1-12-22-23(11-10-17(25)26)19(27)24(12)16-8-6-14(7-9-16)13-2-4-15(5-3-13)18(20)21/h2-9H,10-11H2,1H3,(H3,20,21)(H,25,26). The van der Waals surface area contributed by atoms with Crippen LogP contribution < -0.4 is 11.4 Å². The van der Waals surface area contributed by atoms with Crippen molar-refractivity contribution in [2.75, 3.05) is 0 Å². The number of rotatable bonds is 6. The molecule has 4 N–H and O–H groups in total. The number of nitrogens with two attached hydrogens (primary N) is 1. The summed E-state index contributed by atoms with van der Waals surface area (Å²) < 4.78 is 2.61. The van der Waals surface area contributed by atoms with Crippen LogP contribution >= 0.6 is 0 Å². The predicted molar refractivity (Wildman–Crippen MR) is 101 cm³/mol. The molecule has 0 amide bonds. The summed E-state index contributed by atoms with van der Waals surface area (Å²) in [5, 5.41) is 20.3. The number of nitrogen functional groups attached to an aromatic ring is 1. The van der Waals surface area contributed by atoms with Gasteiger partial charge in [0.15, 0.2) is 0 Å². The molecule has 0 saturated carbocycles. The maximum atomic E-state index is 12.5. The van der Waals surface area contributed by atoms with Gasteiger partial charge in [-0.2, -0.15) is 5.10 Å². The Balaban J connectivity index is 1.88. The Kier molecular flexibility index (Phi) is 4.89. The van der Waals surface area contributed by atoms with Gasteiger partial charge < -0.3 is 10.8 Å². The van der Waals surface area contributed by atoms with Gasteiger partial charge in [0.25, 0.3) is 0 Å². The lowest BCUT2D eigenvalue weighted by molar-refractivity contribution is -0.137. The molecule has 1 heterocycles. The van der Waals surface area contributed by atoms with Gasteiger partial charge in [0.1, 0.15) is 11.7 Å². The van der Waals surface area contributed by atoms with Gasteiger partial charge in [-0.25, -0.2) is 14.0 Å². The minimum atomic E-state index is -0.978. The summed E-state index contributed by atoms with van der Waals surface area (Å²) >= 11 is 0. The van der Waals surface area contributed by atoms with E-state index in [0.29, 0.717) is 17.1 Å². The predicted octanol–water partition coefficient (Wildman–Crippen LogP) is 1.77. The van der Waals surface area contributed by atoms with Crippen LogP contribution in [0.15, 0.2) is 53.3 Å². The van der Waals surface area contributed by atoms with Crippen molar-refractivity contribution in [2.45, 2.75) is 19.9 Å². The summed E-state index contributed by atoms with van der Waals surface area (Å²) in [4.78, 5) is 23.2. The number of benzene rings is 2. The minimum Gasteiger partial charge on any atom is -0.481 e. The van der Waals surface area contributed by atoms with Crippen molar-refractivity contribution in [3.05, 3.63) is 70.4 Å². The Hall–Kier alpha value is -3.68. The van der Waals surface area contributed by atoms with E-state index in [4.69, 9.17) is 16.2 Å². The molecule has 0 aliphatic carbocycles. The van der Waals surface area contributed by atoms with E-state index < -0.39 is 5.97 Å². The molecule has 8 nitrogen and oxygen atoms in total. The minimum absolute atomic E-state index is 0.0201. The van der Waals surface area contributed by atoms with E-state index >= 15 is 0 Å². The molecule has 0 bridgehead atoms. The van der Waals surface area contributed by atoms with Crippen LogP contribution in [0.2, 0.25) is 0 Å². The first-order valence-electron chi connectivity index (χ1n) is 8.30. The fourth-order valence-corrected chi connectivity index (χ4v) is 2.81. The first-order valence-corrected chi connectivity index (χ1v) is 8.30. The summed E-state index contributed by atoms with van der Waals surface area (Å²) in [6.07, 6.45) is -0.161. The first kappa shape index (κ1) is 18.1. The Labute approximate surface area is 155 Å². The average Bonchev–Trinajstić information content (AvgIpc) is 2.94. The van der Waals surface area contributed by atoms with Crippen LogP contribution in [0.4, 0.5) is 0 Å². The summed E-state index contributed by atoms with van der Waals surface area (Å²) in [7, 11) is 0. The maximum Gasteiger partial charge on any atom is 0.350 e. The number of amidine groups is 1. The number of carboxylic acid groups (broad SMARTS) is 1. The van der Waals surface area contributed by atoms with Gasteiger partial charge >= 0.3 is 11.7 Å². The zero-order valence-electron chi connectivity index (χ0n) is 14.7. The van der Waals surface area contributed by atoms with Crippen LogP contribution in [0.5, 0.6) is 0 Å². The topological polar surface area (TPSA) is 127 Å². The molecule has 8 heteroatoms. The molecule has 0 unspecified atom stereocenters. The van der Waals surface area contributed by atoms with Gasteiger partial charge in [0.05, 0.1) is 18.7 Å². The van der Waals surface area contributed by atoms with Gasteiger partial charge in [-0.15, -0.1) is 0 Å². The molecule has 138 valence electrons. The molecule has 27 heavy (non-hydrogen) atoms. The lowest BCUT2D eigenvalue weighted by atomic mass is 10.0. The second-order valence-corrected chi connectivity index (χ2v) is 6.07. The Morgan fingerprint density at radius 3 is 2.19 bits per heavy atom. The maximum absolute atomic E-state index is 12.5. The summed E-state index contributed by atoms with van der Waals surface area (Å²) in [6.45, 7) is 1.73. The number of carbonyl (C=O) groups is 1. The SMILES string of the molecule is Cc1nn(CCC(=O)O)c(=O)n1-c1ccc(-c2ccc(C(=N)N)cc2)cc1. The molecule has 1 aromatic heterocycles. The van der Waals surface area contributed by atoms with E-state index in [0.717, 1.165) is 15.8 Å². The van der Waals surface area contributed by atoms with Gasteiger partial charge in [0, 0.05) is 5.56 Å². The molecule has 0 aliphatic heterocycles. The van der Waals surface area contributed by atoms with Crippen LogP contribution in [-0.2, 0) is 11.3 Å². The third-order valence-electron chi connectivity index (χ3n) is 4.19. The van der Waals surface area contributed by atoms with E-state index in [1.54, 1.807) is 19.1 Å². The Morgan fingerprint density at radius 1 is 1.11 bits per heavy atom. The van der Waals surface area contributed by atoms with Crippen LogP contribution in [0, 0.1) is 12.3 Å². The molecule has 0 saturated heterocycles. The van der Waals surface area contributed by atoms with Crippen LogP contribution in [-0.4, -0.2) is 31.3 Å². The molecule has 3 aromatic rings. The molecule has 0 fully saturated rings. The van der Waals surface area contributed by atoms with Gasteiger partial charge in [-0.1, -0.05) is 36.4 Å². The van der Waals surface area contributed by atoms with E-state index in [1.807, 2.05) is 36.4 Å². The normalized spacial score (nSPS) is 10.7. The van der Waals surface area contributed by atoms with E-state index in [2.05, 4.69) is 5.10 Å². The number of hydrogen-bond acceptors (Lipinski definition) is 4. The molecule has 0 radical (unpaired) electrons. The Morgan fingerprint density at radius 2 is 1.67 bits per heavy atom. The number of hydrogen-bond donors (Lipinski definition) is 3. The summed E-state index contributed by atoms with van der Waals surface area (Å²) in [5.74, 6) is -0.468. The van der Waals surface area contributed by atoms with Crippen molar-refractivity contribution in [3.8, 4) is 16.8 Å². The van der Waals surface area contributed by atoms with E-state index in [1.165, 1.54) is 4.57 Å². The second kappa shape index (κ2) is 7.28. The molecular formula is C19H19N5O3. The average molecular weight is 365 g/mol. The van der Waals surface area contributed by atoms with Gasteiger partial charge in [-0.3, -0.25) is 10.2 Å². The van der Waals surface area contributed by atoms with Crippen molar-refractivity contribution in [2.24, 2.45) is 5.73 Å². The highest BCUT2D eigenvalue weighted by Crippen LogP contribution is 2.21. The molecule has 0 atom stereocenters. The zero-order valence-corrected chi connectivity index (χ0v) is 14.7. The lowest BCUT2D eigenvalue weighted by Gasteiger charge is -2.06. The molecule has 3 rings (SSSR count). The second-order valence-electron chi connectivity index (χ2n) is 6.07. The fourth-order valence-electron chi connectivity index (χ4n) is 2.81. The largest absolute Gasteiger partial charge is 0.481 e. The van der Waals surface area contributed by atoms with E-state index in [-0.39, 0.29) is 24.5 Å². The molecular weight excluding hydrogens is 346 g/mol. The van der Waals surface area contributed by atoms with Crippen LogP contribution in [0.25, 0.3) is 16.8 Å². The number of nitrogens with one attached hydrogen (secondary N) is 1. The van der Waals surface area contributed by atoms with Gasteiger partial charge in [-0.05, 0) is 30.2 Å². The highest BCUT2D eigenvalue weighted by molar-refractivity contribution is 5.95. The molecule has 0 aliphatic rings. The third kappa shape index (κ3) is 3.79. The van der Waals surface area contributed by atoms with Crippen LogP contribution in [0.3, 0.4) is 0 Å². The number of aliphatic carboxylic acids is 1. The highest BCUT2D eigenvalue weighted by atomic mass is 16.4. The summed E-state index contributed by atoms with van der Waals surface area (Å²) in [6, 6.07) is 14.7. The smallest absolute Gasteiger partial charge is 0.350 e. The van der Waals surface area contributed by atoms with Crippen molar-refractivity contribution in [1.29, 1.82) is 5.41 Å². The first-order chi connectivity index (χ1) is 12.9. The zero-order chi connectivity index (χ0) is 19.6. The highest BCUT2D eigenvalue weighted by Gasteiger charge is 2.13. The van der Waals surface area contributed by atoms with Crippen LogP contribution in [0.1, 0.15) is 17.8 Å². The number of carboxylic acids is 1. The number of nitrogens with zero attached hydrogens (tertiary/aromatic N) is 3. The molecule has 0 spiro atoms. The third-order valence-corrected chi connectivity index (χ3v) is 4.19. The fraction of sp³-hybridized carbons (Fsp3) is 0.158. The summed E-state index contributed by atoms with van der Waals surface area (Å²) in [5.41, 5.74) is 8.33. The van der Waals surface area contributed by atoms with Crippen molar-refractivity contribution in [1.82, 2.24) is 14.3 Å². The molecule has 2 aromatic carbocycles. The number of aryl methyl sites for hydroxylation is 2. The Bertz CT molecular complexity index is 1050. The van der Waals surface area contributed by atoms with Crippen molar-refractivity contribution in [3.63, 3.8) is 0 Å². The lowest BCUT2D eigenvalue weighted by Crippen LogP contribution is -2.25. The quantitative estimate of drug-likeness (QED) is 0.453. The monoisotopic (exact) mass is 365 g/mol. The van der Waals surface area contributed by atoms with Gasteiger partial charge in [0.2, 0.25) is 0 Å².